The molecule has 5 heteroatoms. The molecular weight excluding hydrogens is 126 g/mol. The molecule has 8 heavy (non-hydrogen) atoms. The first-order valence-corrected chi connectivity index (χ1v) is 3.81. The molecule has 0 aromatic carbocycles. The highest BCUT2D eigenvalue weighted by Crippen LogP contribution is 1.96. The summed E-state index contributed by atoms with van der Waals surface area (Å²) in [6.45, 7) is 0. The average molecular weight is 136 g/mol. The van der Waals surface area contributed by atoms with E-state index >= 15 is 0 Å². The lowest BCUT2D eigenvalue weighted by molar-refractivity contribution is 0.122. The maximum atomic E-state index is 7.14. The second-order valence-electron chi connectivity index (χ2n) is 1.17. The minimum Gasteiger partial charge on any atom is -0.364 e. The number of nitrogens with one attached hydrogen (secondary N) is 1. The predicted molar refractivity (Wildman–Crippen MR) is 29.9 cm³/mol. The molecule has 1 radical (unpaired) electrons. The van der Waals surface area contributed by atoms with Crippen molar-refractivity contribution in [2.45, 2.75) is 0 Å². The molecule has 0 saturated heterocycles. The summed E-state index contributed by atoms with van der Waals surface area (Å²) < 4.78 is 13.8. The lowest BCUT2D eigenvalue weighted by Crippen LogP contribution is -2.44. The first-order chi connectivity index (χ1) is 3.68. The number of hydrogen-bond acceptors (Lipinski definition) is 3. The van der Waals surface area contributed by atoms with Crippen LogP contribution in [-0.4, -0.2) is 30.3 Å². The number of rotatable bonds is 3. The van der Waals surface area contributed by atoms with Crippen molar-refractivity contribution in [2.75, 3.05) is 21.3 Å². The Hall–Kier alpha value is 0.0569. The van der Waals surface area contributed by atoms with Gasteiger partial charge in [0.15, 0.2) is 0 Å². The van der Waals surface area contributed by atoms with Gasteiger partial charge < -0.3 is 13.3 Å². The Bertz CT molecular complexity index is 57.3. The molecule has 0 saturated carbocycles. The molecule has 0 bridgehead atoms. The summed E-state index contributed by atoms with van der Waals surface area (Å²) in [7, 11) is 1.26. The van der Waals surface area contributed by atoms with Crippen LogP contribution in [0.4, 0.5) is 0 Å². The van der Waals surface area contributed by atoms with E-state index in [1.807, 2.05) is 0 Å². The zero-order valence-corrected chi connectivity index (χ0v) is 6.22. The first kappa shape index (κ1) is 8.06. The van der Waals surface area contributed by atoms with Crippen LogP contribution in [0.15, 0.2) is 0 Å². The van der Waals surface area contributed by atoms with Gasteiger partial charge in [-0.2, -0.15) is 0 Å². The van der Waals surface area contributed by atoms with E-state index in [0.717, 1.165) is 0 Å². The van der Waals surface area contributed by atoms with Gasteiger partial charge in [0.2, 0.25) is 0 Å². The first-order valence-electron chi connectivity index (χ1n) is 2.09. The van der Waals surface area contributed by atoms with E-state index < -0.39 is 8.97 Å². The van der Waals surface area contributed by atoms with Crippen molar-refractivity contribution >= 4 is 8.97 Å². The molecule has 0 aromatic rings. The van der Waals surface area contributed by atoms with Crippen LogP contribution in [-0.2, 0) is 13.3 Å². The van der Waals surface area contributed by atoms with Gasteiger partial charge in [-0.1, -0.05) is 0 Å². The van der Waals surface area contributed by atoms with E-state index in [9.17, 15) is 0 Å². The van der Waals surface area contributed by atoms with Crippen LogP contribution < -0.4 is 5.40 Å². The van der Waals surface area contributed by atoms with E-state index in [1.165, 1.54) is 21.3 Å². The maximum Gasteiger partial charge on any atom is 0.609 e. The summed E-state index contributed by atoms with van der Waals surface area (Å²) in [6.07, 6.45) is 0. The molecule has 0 unspecified atom stereocenters. The van der Waals surface area contributed by atoms with E-state index in [1.54, 1.807) is 0 Å². The second kappa shape index (κ2) is 3.16. The van der Waals surface area contributed by atoms with Gasteiger partial charge in [-0.15, -0.1) is 0 Å². The Morgan fingerprint density at radius 1 is 1.00 bits per heavy atom. The molecule has 0 aliphatic heterocycles. The van der Waals surface area contributed by atoms with E-state index in [2.05, 4.69) is 13.3 Å². The van der Waals surface area contributed by atoms with Gasteiger partial charge >= 0.3 is 8.97 Å². The van der Waals surface area contributed by atoms with Gasteiger partial charge in [0.05, 0.1) is 0 Å². The van der Waals surface area contributed by atoms with Crippen LogP contribution in [0.2, 0.25) is 0 Å². The van der Waals surface area contributed by atoms with Crippen molar-refractivity contribution in [2.24, 2.45) is 0 Å². The molecule has 0 heterocycles. The largest absolute Gasteiger partial charge is 0.609 e. The third-order valence-corrected chi connectivity index (χ3v) is 2.42. The van der Waals surface area contributed by atoms with Crippen LogP contribution >= 0.6 is 0 Å². The summed E-state index contributed by atoms with van der Waals surface area (Å²) in [5, 5.41) is 7.14. The molecule has 0 fully saturated rings. The molecule has 0 rings (SSSR count). The summed E-state index contributed by atoms with van der Waals surface area (Å²) in [5.41, 5.74) is 0. The SMILES string of the molecule is CO[Si]([NH])(OC)OC. The highest BCUT2D eigenvalue weighted by Gasteiger charge is 2.33. The Morgan fingerprint density at radius 2 is 1.25 bits per heavy atom. The smallest absolute Gasteiger partial charge is 0.364 e. The molecular formula is C3H10NO3Si. The zero-order chi connectivity index (χ0) is 6.62. The molecule has 0 aliphatic carbocycles. The van der Waals surface area contributed by atoms with E-state index in [-0.39, 0.29) is 0 Å². The van der Waals surface area contributed by atoms with Gasteiger partial charge in [-0.05, 0) is 0 Å². The van der Waals surface area contributed by atoms with E-state index in [0.29, 0.717) is 0 Å². The fourth-order valence-electron chi connectivity index (χ4n) is 0.250. The Balaban J connectivity index is 3.58. The third-order valence-electron chi connectivity index (χ3n) is 0.806. The second-order valence-corrected chi connectivity index (χ2v) is 3.51. The van der Waals surface area contributed by atoms with Crippen LogP contribution in [0, 0.1) is 0 Å². The van der Waals surface area contributed by atoms with Crippen molar-refractivity contribution < 1.29 is 13.3 Å². The molecule has 0 atom stereocenters. The fraction of sp³-hybridized carbons (Fsp3) is 1.00. The topological polar surface area (TPSA) is 51.5 Å². The van der Waals surface area contributed by atoms with Gasteiger partial charge in [-0.25, -0.2) is 5.40 Å². The quantitative estimate of drug-likeness (QED) is 0.498. The minimum atomic E-state index is -2.92. The van der Waals surface area contributed by atoms with Crippen molar-refractivity contribution in [1.82, 2.24) is 5.40 Å². The van der Waals surface area contributed by atoms with Crippen LogP contribution in [0.5, 0.6) is 0 Å². The van der Waals surface area contributed by atoms with Gasteiger partial charge in [0.1, 0.15) is 0 Å². The standard InChI is InChI=1S/C3H10NO3Si/c1-5-8(4,6-2)7-3/h4H,1-3H3. The Labute approximate surface area is 50.0 Å². The molecule has 49 valence electrons. The molecule has 0 amide bonds. The van der Waals surface area contributed by atoms with Crippen molar-refractivity contribution in [3.63, 3.8) is 0 Å². The predicted octanol–water partition coefficient (Wildman–Crippen LogP) is -0.356. The van der Waals surface area contributed by atoms with Crippen molar-refractivity contribution in [1.29, 1.82) is 0 Å². The molecule has 0 spiro atoms. The normalized spacial score (nSPS) is 12.0. The lowest BCUT2D eigenvalue weighted by Gasteiger charge is -2.15. The van der Waals surface area contributed by atoms with Crippen LogP contribution in [0.3, 0.4) is 0 Å². The van der Waals surface area contributed by atoms with Gasteiger partial charge in [-0.3, -0.25) is 0 Å². The Morgan fingerprint density at radius 3 is 1.25 bits per heavy atom. The maximum absolute atomic E-state index is 7.14. The fourth-order valence-corrected chi connectivity index (χ4v) is 0.750. The lowest BCUT2D eigenvalue weighted by atomic mass is 11.8. The third kappa shape index (κ3) is 1.89. The summed E-state index contributed by atoms with van der Waals surface area (Å²) in [6, 6.07) is 0. The average Bonchev–Trinajstić information content (AvgIpc) is 1.87. The van der Waals surface area contributed by atoms with E-state index in [4.69, 9.17) is 5.40 Å². The highest BCUT2D eigenvalue weighted by molar-refractivity contribution is 6.56. The Kier molecular flexibility index (Phi) is 3.18. The van der Waals surface area contributed by atoms with Gasteiger partial charge in [0, 0.05) is 21.3 Å². The summed E-state index contributed by atoms with van der Waals surface area (Å²) in [4.78, 5) is 0. The molecule has 0 aromatic heterocycles. The van der Waals surface area contributed by atoms with Gasteiger partial charge in [0.25, 0.3) is 0 Å². The summed E-state index contributed by atoms with van der Waals surface area (Å²) >= 11 is 0. The molecule has 0 aliphatic rings. The van der Waals surface area contributed by atoms with Crippen molar-refractivity contribution in [3.8, 4) is 0 Å². The van der Waals surface area contributed by atoms with Crippen LogP contribution in [0.25, 0.3) is 0 Å². The minimum absolute atomic E-state index is 1.40. The zero-order valence-electron chi connectivity index (χ0n) is 5.22. The monoisotopic (exact) mass is 136 g/mol. The highest BCUT2D eigenvalue weighted by atomic mass is 28.4. The van der Waals surface area contributed by atoms with Crippen molar-refractivity contribution in [3.05, 3.63) is 0 Å². The van der Waals surface area contributed by atoms with Crippen LogP contribution in [0.1, 0.15) is 0 Å². The molecule has 4 nitrogen and oxygen atoms in total. The summed E-state index contributed by atoms with van der Waals surface area (Å²) in [5.74, 6) is 0. The number of hydrogen-bond donors (Lipinski definition) is 0. The molecule has 1 N–H and O–H groups in total.